The zero-order valence-electron chi connectivity index (χ0n) is 20.7. The van der Waals surface area contributed by atoms with E-state index in [1.165, 1.54) is 24.0 Å². The zero-order chi connectivity index (χ0) is 24.2. The van der Waals surface area contributed by atoms with Crippen molar-refractivity contribution in [3.8, 4) is 5.88 Å². The fraction of sp³-hybridized carbons (Fsp3) is 0.400. The number of fused-ring (bicyclic) bond motifs is 1. The van der Waals surface area contributed by atoms with Crippen LogP contribution in [-0.4, -0.2) is 51.8 Å². The molecule has 0 amide bonds. The van der Waals surface area contributed by atoms with Crippen LogP contribution in [0.25, 0.3) is 5.65 Å². The average molecular weight is 483 g/mol. The molecule has 1 aliphatic carbocycles. The number of likely N-dealkylation sites (tertiary alicyclic amines) is 1. The molecule has 0 N–H and O–H groups in total. The van der Waals surface area contributed by atoms with Crippen LogP contribution in [0, 0.1) is 0 Å². The third kappa shape index (κ3) is 5.61. The summed E-state index contributed by atoms with van der Waals surface area (Å²) in [6.45, 7) is 3.82. The first-order valence-electron chi connectivity index (χ1n) is 13.3. The summed E-state index contributed by atoms with van der Waals surface area (Å²) in [5, 5.41) is 4.58. The quantitative estimate of drug-likeness (QED) is 0.274. The minimum Gasteiger partial charge on any atom is -0.477 e. The topological polar surface area (TPSA) is 51.9 Å². The lowest BCUT2D eigenvalue weighted by Gasteiger charge is -2.34. The summed E-state index contributed by atoms with van der Waals surface area (Å²) in [4.78, 5) is 7.19. The first-order chi connectivity index (χ1) is 17.8. The second kappa shape index (κ2) is 10.8. The number of nitrogens with zero attached hydrogens (tertiary/aromatic N) is 4. The number of ether oxygens (including phenoxy) is 2. The molecule has 2 aromatic carbocycles. The molecule has 0 radical (unpaired) electrons. The third-order valence-electron chi connectivity index (χ3n) is 7.25. The Kier molecular flexibility index (Phi) is 6.96. The Morgan fingerprint density at radius 3 is 2.19 bits per heavy atom. The maximum atomic E-state index is 6.68. The molecule has 36 heavy (non-hydrogen) atoms. The van der Waals surface area contributed by atoms with Crippen LogP contribution < -0.4 is 4.74 Å². The molecule has 0 bridgehead atoms. The van der Waals surface area contributed by atoms with Crippen molar-refractivity contribution in [3.05, 3.63) is 95.8 Å². The highest BCUT2D eigenvalue weighted by Gasteiger charge is 2.27. The Morgan fingerprint density at radius 1 is 0.833 bits per heavy atom. The molecular formula is C30H34N4O2. The number of imidazole rings is 1. The molecular weight excluding hydrogens is 448 g/mol. The molecule has 6 rings (SSSR count). The molecule has 2 aromatic heterocycles. The summed E-state index contributed by atoms with van der Waals surface area (Å²) < 4.78 is 14.5. The molecule has 1 saturated heterocycles. The van der Waals surface area contributed by atoms with E-state index >= 15 is 0 Å². The molecule has 6 heteroatoms. The van der Waals surface area contributed by atoms with E-state index in [0.29, 0.717) is 18.4 Å². The number of hydrogen-bond donors (Lipinski definition) is 0. The summed E-state index contributed by atoms with van der Waals surface area (Å²) in [7, 11) is 0. The minimum absolute atomic E-state index is 0.0157. The summed E-state index contributed by atoms with van der Waals surface area (Å²) in [6.07, 6.45) is 7.89. The maximum Gasteiger partial charge on any atom is 0.231 e. The fourth-order valence-corrected chi connectivity index (χ4v) is 5.07. The maximum absolute atomic E-state index is 6.68. The number of hydrogen-bond acceptors (Lipinski definition) is 5. The van der Waals surface area contributed by atoms with Crippen LogP contribution in [0.4, 0.5) is 0 Å². The molecule has 2 fully saturated rings. The van der Waals surface area contributed by atoms with Crippen LogP contribution in [0.2, 0.25) is 0 Å². The second-order valence-electron chi connectivity index (χ2n) is 9.99. The highest BCUT2D eigenvalue weighted by molar-refractivity contribution is 5.41. The number of rotatable bonds is 10. The van der Waals surface area contributed by atoms with Crippen LogP contribution in [0.1, 0.15) is 60.9 Å². The lowest BCUT2D eigenvalue weighted by Crippen LogP contribution is -2.38. The average Bonchev–Trinajstić information content (AvgIpc) is 3.70. The van der Waals surface area contributed by atoms with Crippen molar-refractivity contribution in [1.82, 2.24) is 19.5 Å². The summed E-state index contributed by atoms with van der Waals surface area (Å²) in [5.41, 5.74) is 4.49. The van der Waals surface area contributed by atoms with Gasteiger partial charge in [0.05, 0.1) is 24.6 Å². The van der Waals surface area contributed by atoms with E-state index in [1.54, 1.807) is 0 Å². The summed E-state index contributed by atoms with van der Waals surface area (Å²) >= 11 is 0. The van der Waals surface area contributed by atoms with Crippen molar-refractivity contribution < 1.29 is 9.47 Å². The van der Waals surface area contributed by atoms with Gasteiger partial charge in [-0.1, -0.05) is 60.7 Å². The molecule has 3 heterocycles. The van der Waals surface area contributed by atoms with Gasteiger partial charge >= 0.3 is 0 Å². The van der Waals surface area contributed by atoms with Crippen LogP contribution >= 0.6 is 0 Å². The molecule has 1 saturated carbocycles. The molecule has 0 atom stereocenters. The summed E-state index contributed by atoms with van der Waals surface area (Å²) in [5.74, 6) is 1.30. The molecule has 4 aromatic rings. The molecule has 6 nitrogen and oxygen atoms in total. The van der Waals surface area contributed by atoms with Gasteiger partial charge < -0.3 is 14.4 Å². The van der Waals surface area contributed by atoms with Gasteiger partial charge in [-0.25, -0.2) is 9.50 Å². The van der Waals surface area contributed by atoms with Crippen LogP contribution in [0.15, 0.2) is 79.0 Å². The number of piperidine rings is 1. The summed E-state index contributed by atoms with van der Waals surface area (Å²) in [6, 6.07) is 25.1. The van der Waals surface area contributed by atoms with Gasteiger partial charge in [-0.05, 0) is 49.3 Å². The molecule has 0 unspecified atom stereocenters. The standard InChI is InChI=1S/C30H34N4O2/c1-3-8-24(9-4-1)30(25-10-5-2-6-11-25)36-26-16-19-33(20-17-26)18-7-21-35-29-15-14-28-31-27(23-12-13-23)22-34(28)32-29/h1-6,8-11,14-15,22-23,26,30H,7,12-13,16-21H2. The van der Waals surface area contributed by atoms with E-state index < -0.39 is 0 Å². The van der Waals surface area contributed by atoms with Gasteiger partial charge in [0.1, 0.15) is 6.10 Å². The van der Waals surface area contributed by atoms with Gasteiger partial charge in [-0.15, -0.1) is 5.10 Å². The highest BCUT2D eigenvalue weighted by atomic mass is 16.5. The van der Waals surface area contributed by atoms with Crippen molar-refractivity contribution in [1.29, 1.82) is 0 Å². The largest absolute Gasteiger partial charge is 0.477 e. The van der Waals surface area contributed by atoms with Gasteiger partial charge in [0, 0.05) is 31.6 Å². The Bertz CT molecular complexity index is 1210. The van der Waals surface area contributed by atoms with Gasteiger partial charge in [-0.3, -0.25) is 0 Å². The second-order valence-corrected chi connectivity index (χ2v) is 9.99. The normalized spacial score (nSPS) is 17.1. The zero-order valence-corrected chi connectivity index (χ0v) is 20.7. The Morgan fingerprint density at radius 2 is 1.53 bits per heavy atom. The van der Waals surface area contributed by atoms with Gasteiger partial charge in [0.25, 0.3) is 0 Å². The van der Waals surface area contributed by atoms with Gasteiger partial charge in [0.2, 0.25) is 5.88 Å². The van der Waals surface area contributed by atoms with Crippen molar-refractivity contribution in [3.63, 3.8) is 0 Å². The predicted octanol–water partition coefficient (Wildman–Crippen LogP) is 5.65. The van der Waals surface area contributed by atoms with E-state index in [-0.39, 0.29) is 12.2 Å². The molecule has 2 aliphatic rings. The Balaban J connectivity index is 0.961. The monoisotopic (exact) mass is 482 g/mol. The SMILES string of the molecule is c1ccc(C(OC2CCN(CCCOc3ccc4nc(C5CC5)cn4n3)CC2)c2ccccc2)cc1. The van der Waals surface area contributed by atoms with E-state index in [9.17, 15) is 0 Å². The van der Waals surface area contributed by atoms with Gasteiger partial charge in [-0.2, -0.15) is 0 Å². The molecule has 1 aliphatic heterocycles. The van der Waals surface area contributed by atoms with Crippen molar-refractivity contribution in [2.24, 2.45) is 0 Å². The van der Waals surface area contributed by atoms with Crippen LogP contribution in [-0.2, 0) is 4.74 Å². The minimum atomic E-state index is -0.0157. The van der Waals surface area contributed by atoms with Gasteiger partial charge in [0.15, 0.2) is 5.65 Å². The van der Waals surface area contributed by atoms with E-state index in [0.717, 1.165) is 50.2 Å². The predicted molar refractivity (Wildman–Crippen MR) is 140 cm³/mol. The number of aromatic nitrogens is 3. The Hall–Kier alpha value is -3.22. The Labute approximate surface area is 212 Å². The highest BCUT2D eigenvalue weighted by Crippen LogP contribution is 2.39. The lowest BCUT2D eigenvalue weighted by molar-refractivity contribution is -0.0273. The van der Waals surface area contributed by atoms with E-state index in [4.69, 9.17) is 9.47 Å². The van der Waals surface area contributed by atoms with Crippen molar-refractivity contribution >= 4 is 5.65 Å². The number of benzene rings is 2. The van der Waals surface area contributed by atoms with Crippen LogP contribution in [0.5, 0.6) is 5.88 Å². The first-order valence-corrected chi connectivity index (χ1v) is 13.3. The van der Waals surface area contributed by atoms with E-state index in [2.05, 4.69) is 75.6 Å². The van der Waals surface area contributed by atoms with E-state index in [1.807, 2.05) is 22.8 Å². The third-order valence-corrected chi connectivity index (χ3v) is 7.25. The first kappa shape index (κ1) is 23.2. The lowest BCUT2D eigenvalue weighted by atomic mass is 10.00. The van der Waals surface area contributed by atoms with Crippen molar-refractivity contribution in [2.75, 3.05) is 26.2 Å². The molecule has 0 spiro atoms. The molecule has 186 valence electrons. The van der Waals surface area contributed by atoms with Crippen LogP contribution in [0.3, 0.4) is 0 Å². The van der Waals surface area contributed by atoms with Crippen molar-refractivity contribution in [2.45, 2.75) is 50.2 Å². The fourth-order valence-electron chi connectivity index (χ4n) is 5.07. The smallest absolute Gasteiger partial charge is 0.231 e.